The molecule has 1 fully saturated rings. The van der Waals surface area contributed by atoms with Gasteiger partial charge in [0.15, 0.2) is 0 Å². The van der Waals surface area contributed by atoms with Gasteiger partial charge in [-0.1, -0.05) is 26.0 Å². The lowest BCUT2D eigenvalue weighted by atomic mass is 9.81. The van der Waals surface area contributed by atoms with Crippen LogP contribution < -0.4 is 5.32 Å². The van der Waals surface area contributed by atoms with Crippen molar-refractivity contribution < 1.29 is 0 Å². The van der Waals surface area contributed by atoms with Gasteiger partial charge in [0, 0.05) is 12.6 Å². The van der Waals surface area contributed by atoms with Gasteiger partial charge in [0.05, 0.1) is 0 Å². The van der Waals surface area contributed by atoms with Crippen molar-refractivity contribution in [2.45, 2.75) is 39.2 Å². The summed E-state index contributed by atoms with van der Waals surface area (Å²) in [5, 5.41) is 3.52. The second-order valence-corrected chi connectivity index (χ2v) is 3.45. The first-order chi connectivity index (χ1) is 5.34. The van der Waals surface area contributed by atoms with Crippen LogP contribution in [0.2, 0.25) is 0 Å². The fraction of sp³-hybridized carbons (Fsp3) is 0.800. The van der Waals surface area contributed by atoms with E-state index in [4.69, 9.17) is 0 Å². The van der Waals surface area contributed by atoms with Crippen LogP contribution in [0.1, 0.15) is 33.1 Å². The Morgan fingerprint density at radius 1 is 1.36 bits per heavy atom. The molecule has 0 aromatic heterocycles. The van der Waals surface area contributed by atoms with Crippen molar-refractivity contribution >= 4 is 0 Å². The highest BCUT2D eigenvalue weighted by molar-refractivity contribution is 4.88. The number of allylic oxidation sites excluding steroid dienone is 1. The molecule has 1 saturated carbocycles. The lowest BCUT2D eigenvalue weighted by Gasteiger charge is -2.34. The highest BCUT2D eigenvalue weighted by Gasteiger charge is 2.24. The van der Waals surface area contributed by atoms with Crippen LogP contribution in [0.25, 0.3) is 0 Å². The van der Waals surface area contributed by atoms with Crippen LogP contribution in [-0.4, -0.2) is 12.6 Å². The van der Waals surface area contributed by atoms with E-state index < -0.39 is 0 Å². The van der Waals surface area contributed by atoms with Crippen LogP contribution in [0.3, 0.4) is 0 Å². The summed E-state index contributed by atoms with van der Waals surface area (Å²) in [6.45, 7) is 5.55. The van der Waals surface area contributed by atoms with E-state index in [-0.39, 0.29) is 0 Å². The molecule has 1 rings (SSSR count). The zero-order chi connectivity index (χ0) is 8.10. The molecule has 1 aliphatic rings. The lowest BCUT2D eigenvalue weighted by Crippen LogP contribution is -2.42. The van der Waals surface area contributed by atoms with E-state index in [1.807, 2.05) is 0 Å². The first-order valence-electron chi connectivity index (χ1n) is 4.73. The van der Waals surface area contributed by atoms with Gasteiger partial charge >= 0.3 is 0 Å². The molecule has 0 aromatic rings. The Hall–Kier alpha value is -0.300. The van der Waals surface area contributed by atoms with Crippen molar-refractivity contribution in [3.63, 3.8) is 0 Å². The Kier molecular flexibility index (Phi) is 3.64. The SMILES string of the molecule is CC/C=C/CNC1CCC1C. The Morgan fingerprint density at radius 2 is 2.18 bits per heavy atom. The van der Waals surface area contributed by atoms with Gasteiger partial charge < -0.3 is 5.32 Å². The van der Waals surface area contributed by atoms with Crippen molar-refractivity contribution in [3.8, 4) is 0 Å². The zero-order valence-corrected chi connectivity index (χ0v) is 7.64. The summed E-state index contributed by atoms with van der Waals surface area (Å²) >= 11 is 0. The van der Waals surface area contributed by atoms with E-state index in [1.54, 1.807) is 0 Å². The van der Waals surface area contributed by atoms with Gasteiger partial charge in [0.25, 0.3) is 0 Å². The Balaban J connectivity index is 1.99. The molecule has 11 heavy (non-hydrogen) atoms. The molecule has 2 unspecified atom stereocenters. The fourth-order valence-electron chi connectivity index (χ4n) is 1.44. The molecule has 1 heteroatoms. The third kappa shape index (κ3) is 2.66. The second kappa shape index (κ2) is 4.55. The van der Waals surface area contributed by atoms with Gasteiger partial charge in [-0.15, -0.1) is 0 Å². The van der Waals surface area contributed by atoms with Crippen LogP contribution >= 0.6 is 0 Å². The molecular formula is C10H19N. The molecule has 1 N–H and O–H groups in total. The molecule has 0 heterocycles. The van der Waals surface area contributed by atoms with E-state index in [2.05, 4.69) is 31.3 Å². The molecule has 1 aliphatic carbocycles. The molecular weight excluding hydrogens is 134 g/mol. The van der Waals surface area contributed by atoms with Crippen molar-refractivity contribution in [1.29, 1.82) is 0 Å². The van der Waals surface area contributed by atoms with Crippen LogP contribution in [0, 0.1) is 5.92 Å². The predicted molar refractivity (Wildman–Crippen MR) is 49.6 cm³/mol. The minimum absolute atomic E-state index is 0.802. The first-order valence-corrected chi connectivity index (χ1v) is 4.73. The maximum Gasteiger partial charge on any atom is 0.0137 e. The summed E-state index contributed by atoms with van der Waals surface area (Å²) in [6.07, 6.45) is 8.39. The molecule has 2 atom stereocenters. The quantitative estimate of drug-likeness (QED) is 0.611. The Morgan fingerprint density at radius 3 is 2.64 bits per heavy atom. The summed E-state index contributed by atoms with van der Waals surface area (Å²) in [5.74, 6) is 0.907. The number of hydrogen-bond donors (Lipinski definition) is 1. The van der Waals surface area contributed by atoms with E-state index in [0.29, 0.717) is 0 Å². The Labute approximate surface area is 69.9 Å². The predicted octanol–water partition coefficient (Wildman–Crippen LogP) is 2.34. The van der Waals surface area contributed by atoms with Gasteiger partial charge in [-0.3, -0.25) is 0 Å². The minimum Gasteiger partial charge on any atom is -0.310 e. The summed E-state index contributed by atoms with van der Waals surface area (Å²) in [7, 11) is 0. The molecule has 0 spiro atoms. The average molecular weight is 153 g/mol. The van der Waals surface area contributed by atoms with Crippen molar-refractivity contribution in [2.75, 3.05) is 6.54 Å². The molecule has 0 aromatic carbocycles. The molecule has 0 amide bonds. The maximum atomic E-state index is 3.52. The molecule has 0 radical (unpaired) electrons. The van der Waals surface area contributed by atoms with Gasteiger partial charge in [-0.05, 0) is 25.2 Å². The number of rotatable bonds is 4. The van der Waals surface area contributed by atoms with Crippen LogP contribution in [0.4, 0.5) is 0 Å². The highest BCUT2D eigenvalue weighted by atomic mass is 14.9. The summed E-state index contributed by atoms with van der Waals surface area (Å²) in [4.78, 5) is 0. The topological polar surface area (TPSA) is 12.0 Å². The van der Waals surface area contributed by atoms with Crippen LogP contribution in [0.15, 0.2) is 12.2 Å². The molecule has 64 valence electrons. The van der Waals surface area contributed by atoms with Crippen LogP contribution in [0.5, 0.6) is 0 Å². The van der Waals surface area contributed by atoms with E-state index in [9.17, 15) is 0 Å². The van der Waals surface area contributed by atoms with E-state index in [0.717, 1.165) is 24.9 Å². The molecule has 0 aliphatic heterocycles. The molecule has 0 bridgehead atoms. The second-order valence-electron chi connectivity index (χ2n) is 3.45. The van der Waals surface area contributed by atoms with Gasteiger partial charge in [0.2, 0.25) is 0 Å². The van der Waals surface area contributed by atoms with Crippen molar-refractivity contribution in [2.24, 2.45) is 5.92 Å². The molecule has 0 saturated heterocycles. The number of nitrogens with one attached hydrogen (secondary N) is 1. The molecule has 1 nitrogen and oxygen atoms in total. The Bertz CT molecular complexity index is 129. The fourth-order valence-corrected chi connectivity index (χ4v) is 1.44. The third-order valence-corrected chi connectivity index (χ3v) is 2.52. The van der Waals surface area contributed by atoms with Crippen molar-refractivity contribution in [1.82, 2.24) is 5.32 Å². The standard InChI is InChI=1S/C10H19N/c1-3-4-5-8-11-10-7-6-9(10)2/h4-5,9-11H,3,6-8H2,1-2H3/b5-4+. The van der Waals surface area contributed by atoms with E-state index >= 15 is 0 Å². The summed E-state index contributed by atoms with van der Waals surface area (Å²) < 4.78 is 0. The van der Waals surface area contributed by atoms with Gasteiger partial charge in [0.1, 0.15) is 0 Å². The van der Waals surface area contributed by atoms with E-state index in [1.165, 1.54) is 12.8 Å². The minimum atomic E-state index is 0.802. The normalized spacial score (nSPS) is 30.7. The monoisotopic (exact) mass is 153 g/mol. The largest absolute Gasteiger partial charge is 0.310 e. The lowest BCUT2D eigenvalue weighted by molar-refractivity contribution is 0.236. The zero-order valence-electron chi connectivity index (χ0n) is 7.64. The first kappa shape index (κ1) is 8.79. The van der Waals surface area contributed by atoms with Gasteiger partial charge in [-0.25, -0.2) is 0 Å². The maximum absolute atomic E-state index is 3.52. The van der Waals surface area contributed by atoms with Gasteiger partial charge in [-0.2, -0.15) is 0 Å². The third-order valence-electron chi connectivity index (χ3n) is 2.52. The summed E-state index contributed by atoms with van der Waals surface area (Å²) in [5.41, 5.74) is 0. The summed E-state index contributed by atoms with van der Waals surface area (Å²) in [6, 6.07) is 0.802. The highest BCUT2D eigenvalue weighted by Crippen LogP contribution is 2.25. The number of hydrogen-bond acceptors (Lipinski definition) is 1. The smallest absolute Gasteiger partial charge is 0.0137 e. The van der Waals surface area contributed by atoms with Crippen molar-refractivity contribution in [3.05, 3.63) is 12.2 Å². The van der Waals surface area contributed by atoms with Crippen LogP contribution in [-0.2, 0) is 0 Å². The average Bonchev–Trinajstić information content (AvgIpc) is 2.02.